The Hall–Kier alpha value is -2.48. The van der Waals surface area contributed by atoms with Gasteiger partial charge in [0.2, 0.25) is 0 Å². The molecular weight excluding hydrogens is 364 g/mol. The van der Waals surface area contributed by atoms with E-state index in [4.69, 9.17) is 14.2 Å². The SMILES string of the molecule is CN=C(NCCCOc1cc(OC)cc(OC)c1)N(C)Cc1csc(C)n1. The molecule has 2 aromatic rings. The van der Waals surface area contributed by atoms with Crippen molar-refractivity contribution in [3.63, 3.8) is 0 Å². The average molecular weight is 393 g/mol. The van der Waals surface area contributed by atoms with E-state index in [0.29, 0.717) is 18.1 Å². The second-order valence-electron chi connectivity index (χ2n) is 5.94. The van der Waals surface area contributed by atoms with E-state index < -0.39 is 0 Å². The van der Waals surface area contributed by atoms with Crippen molar-refractivity contribution in [3.8, 4) is 17.2 Å². The van der Waals surface area contributed by atoms with Crippen LogP contribution in [0.5, 0.6) is 17.2 Å². The third-order valence-corrected chi connectivity index (χ3v) is 4.66. The van der Waals surface area contributed by atoms with Crippen LogP contribution in [0, 0.1) is 6.92 Å². The molecule has 0 saturated heterocycles. The molecule has 0 fully saturated rings. The third kappa shape index (κ3) is 6.63. The topological polar surface area (TPSA) is 68.2 Å². The maximum atomic E-state index is 5.80. The quantitative estimate of drug-likeness (QED) is 0.402. The monoisotopic (exact) mass is 392 g/mol. The Morgan fingerprint density at radius 3 is 2.41 bits per heavy atom. The minimum atomic E-state index is 0.579. The molecule has 8 heteroatoms. The van der Waals surface area contributed by atoms with Crippen molar-refractivity contribution in [2.75, 3.05) is 41.5 Å². The van der Waals surface area contributed by atoms with Gasteiger partial charge in [-0.2, -0.15) is 0 Å². The lowest BCUT2D eigenvalue weighted by Crippen LogP contribution is -2.39. The number of hydrogen-bond donors (Lipinski definition) is 1. The van der Waals surface area contributed by atoms with Gasteiger partial charge in [-0.25, -0.2) is 4.98 Å². The fourth-order valence-corrected chi connectivity index (χ4v) is 3.11. The summed E-state index contributed by atoms with van der Waals surface area (Å²) in [5.74, 6) is 2.99. The van der Waals surface area contributed by atoms with E-state index in [-0.39, 0.29) is 0 Å². The average Bonchev–Trinajstić information content (AvgIpc) is 3.08. The zero-order chi connectivity index (χ0) is 19.6. The molecule has 148 valence electrons. The number of aliphatic imine (C=N–C) groups is 1. The van der Waals surface area contributed by atoms with Gasteiger partial charge in [0.25, 0.3) is 0 Å². The third-order valence-electron chi connectivity index (χ3n) is 3.84. The lowest BCUT2D eigenvalue weighted by Gasteiger charge is -2.21. The molecule has 0 radical (unpaired) electrons. The van der Waals surface area contributed by atoms with Gasteiger partial charge in [0, 0.05) is 44.2 Å². The molecule has 7 nitrogen and oxygen atoms in total. The highest BCUT2D eigenvalue weighted by Crippen LogP contribution is 2.27. The summed E-state index contributed by atoms with van der Waals surface area (Å²) in [7, 11) is 7.03. The van der Waals surface area contributed by atoms with Crippen LogP contribution in [0.25, 0.3) is 0 Å². The van der Waals surface area contributed by atoms with Gasteiger partial charge >= 0.3 is 0 Å². The highest BCUT2D eigenvalue weighted by atomic mass is 32.1. The number of nitrogens with one attached hydrogen (secondary N) is 1. The maximum absolute atomic E-state index is 5.80. The van der Waals surface area contributed by atoms with Crippen molar-refractivity contribution >= 4 is 17.3 Å². The minimum Gasteiger partial charge on any atom is -0.496 e. The Kier molecular flexibility index (Phi) is 8.19. The van der Waals surface area contributed by atoms with Crippen LogP contribution >= 0.6 is 11.3 Å². The molecule has 1 aromatic heterocycles. The van der Waals surface area contributed by atoms with E-state index in [0.717, 1.165) is 41.9 Å². The van der Waals surface area contributed by atoms with Gasteiger partial charge in [0.05, 0.1) is 38.1 Å². The maximum Gasteiger partial charge on any atom is 0.193 e. The van der Waals surface area contributed by atoms with Gasteiger partial charge in [0.1, 0.15) is 17.2 Å². The van der Waals surface area contributed by atoms with Crippen LogP contribution in [0.3, 0.4) is 0 Å². The summed E-state index contributed by atoms with van der Waals surface area (Å²) in [6, 6.07) is 5.51. The van der Waals surface area contributed by atoms with Crippen molar-refractivity contribution in [1.29, 1.82) is 0 Å². The normalized spacial score (nSPS) is 11.2. The number of hydrogen-bond acceptors (Lipinski definition) is 6. The first kappa shape index (κ1) is 20.8. The van der Waals surface area contributed by atoms with E-state index in [1.54, 1.807) is 32.6 Å². The summed E-state index contributed by atoms with van der Waals surface area (Å²) in [6.07, 6.45) is 0.836. The number of nitrogens with zero attached hydrogens (tertiary/aromatic N) is 3. The van der Waals surface area contributed by atoms with Gasteiger partial charge in [-0.1, -0.05) is 0 Å². The minimum absolute atomic E-state index is 0.579. The number of rotatable bonds is 9. The summed E-state index contributed by atoms with van der Waals surface area (Å²) in [6.45, 7) is 4.08. The summed E-state index contributed by atoms with van der Waals surface area (Å²) in [5, 5.41) is 6.51. The Morgan fingerprint density at radius 2 is 1.85 bits per heavy atom. The van der Waals surface area contributed by atoms with Crippen LogP contribution < -0.4 is 19.5 Å². The Bertz CT molecular complexity index is 726. The molecule has 0 aliphatic heterocycles. The van der Waals surface area contributed by atoms with E-state index in [9.17, 15) is 0 Å². The van der Waals surface area contributed by atoms with Crippen LogP contribution in [-0.4, -0.2) is 57.3 Å². The first-order valence-corrected chi connectivity index (χ1v) is 9.62. The summed E-state index contributed by atoms with van der Waals surface area (Å²) in [5.41, 5.74) is 1.05. The van der Waals surface area contributed by atoms with E-state index in [1.165, 1.54) is 0 Å². The fraction of sp³-hybridized carbons (Fsp3) is 0.474. The standard InChI is InChI=1S/C19H28N4O3S/c1-14-22-15(13-27-14)12-23(3)19(20-2)21-7-6-8-26-18-10-16(24-4)9-17(11-18)25-5/h9-11,13H,6-8,12H2,1-5H3,(H,20,21). The van der Waals surface area contributed by atoms with Crippen LogP contribution in [0.1, 0.15) is 17.1 Å². The highest BCUT2D eigenvalue weighted by molar-refractivity contribution is 7.09. The first-order chi connectivity index (χ1) is 13.0. The van der Waals surface area contributed by atoms with E-state index in [2.05, 4.69) is 25.6 Å². The molecule has 2 rings (SSSR count). The molecule has 0 saturated carbocycles. The summed E-state index contributed by atoms with van der Waals surface area (Å²) < 4.78 is 16.3. The van der Waals surface area contributed by atoms with Crippen molar-refractivity contribution in [2.45, 2.75) is 19.9 Å². The zero-order valence-corrected chi connectivity index (χ0v) is 17.4. The number of thiazole rings is 1. The van der Waals surface area contributed by atoms with Crippen LogP contribution in [0.15, 0.2) is 28.6 Å². The number of ether oxygens (including phenoxy) is 3. The summed E-state index contributed by atoms with van der Waals surface area (Å²) in [4.78, 5) is 10.9. The van der Waals surface area contributed by atoms with Gasteiger partial charge in [0.15, 0.2) is 5.96 Å². The zero-order valence-electron chi connectivity index (χ0n) is 16.6. The van der Waals surface area contributed by atoms with Crippen molar-refractivity contribution in [3.05, 3.63) is 34.3 Å². The number of aryl methyl sites for hydroxylation is 1. The highest BCUT2D eigenvalue weighted by Gasteiger charge is 2.08. The molecule has 1 heterocycles. The Morgan fingerprint density at radius 1 is 1.19 bits per heavy atom. The molecule has 27 heavy (non-hydrogen) atoms. The molecule has 0 bridgehead atoms. The van der Waals surface area contributed by atoms with Crippen LogP contribution in [0.2, 0.25) is 0 Å². The molecule has 0 spiro atoms. The first-order valence-electron chi connectivity index (χ1n) is 8.74. The number of guanidine groups is 1. The van der Waals surface area contributed by atoms with Gasteiger partial charge in [-0.3, -0.25) is 4.99 Å². The van der Waals surface area contributed by atoms with Gasteiger partial charge in [-0.05, 0) is 13.3 Å². The molecular formula is C19H28N4O3S. The van der Waals surface area contributed by atoms with Crippen molar-refractivity contribution in [2.24, 2.45) is 4.99 Å². The number of benzene rings is 1. The molecule has 0 aliphatic rings. The van der Waals surface area contributed by atoms with Crippen LogP contribution in [-0.2, 0) is 6.54 Å². The number of methoxy groups -OCH3 is 2. The molecule has 0 amide bonds. The van der Waals surface area contributed by atoms with Crippen molar-refractivity contribution in [1.82, 2.24) is 15.2 Å². The van der Waals surface area contributed by atoms with Gasteiger partial charge in [-0.15, -0.1) is 11.3 Å². The largest absolute Gasteiger partial charge is 0.496 e. The van der Waals surface area contributed by atoms with Crippen LogP contribution in [0.4, 0.5) is 0 Å². The molecule has 1 aromatic carbocycles. The van der Waals surface area contributed by atoms with Gasteiger partial charge < -0.3 is 24.4 Å². The second kappa shape index (κ2) is 10.6. The molecule has 0 aliphatic carbocycles. The van der Waals surface area contributed by atoms with E-state index in [1.807, 2.05) is 32.2 Å². The number of aromatic nitrogens is 1. The molecule has 0 atom stereocenters. The Balaban J connectivity index is 1.75. The summed E-state index contributed by atoms with van der Waals surface area (Å²) >= 11 is 1.66. The fourth-order valence-electron chi connectivity index (χ4n) is 2.51. The molecule has 1 N–H and O–H groups in total. The predicted molar refractivity (Wildman–Crippen MR) is 109 cm³/mol. The van der Waals surface area contributed by atoms with E-state index >= 15 is 0 Å². The lowest BCUT2D eigenvalue weighted by molar-refractivity contribution is 0.304. The molecule has 0 unspecified atom stereocenters. The predicted octanol–water partition coefficient (Wildman–Crippen LogP) is 2.95. The Labute approximate surface area is 165 Å². The smallest absolute Gasteiger partial charge is 0.193 e. The second-order valence-corrected chi connectivity index (χ2v) is 7.00. The lowest BCUT2D eigenvalue weighted by atomic mass is 10.3. The van der Waals surface area contributed by atoms with Crippen molar-refractivity contribution < 1.29 is 14.2 Å².